The third-order valence-electron chi connectivity index (χ3n) is 3.96. The molecule has 0 saturated carbocycles. The molecule has 2 aromatic rings. The highest BCUT2D eigenvalue weighted by Gasteiger charge is 2.32. The largest absolute Gasteiger partial charge is 0.433 e. The van der Waals surface area contributed by atoms with Crippen LogP contribution in [0, 0.1) is 0 Å². The number of carbonyl (C=O) groups is 1. The van der Waals surface area contributed by atoms with E-state index in [9.17, 15) is 23.1 Å². The van der Waals surface area contributed by atoms with Gasteiger partial charge in [0.25, 0.3) is 5.91 Å². The normalized spacial score (nSPS) is 13.3. The van der Waals surface area contributed by atoms with Gasteiger partial charge in [0, 0.05) is 12.7 Å². The number of nitrogens with zero attached hydrogens (tertiary/aromatic N) is 4. The number of rotatable bonds is 7. The lowest BCUT2D eigenvalue weighted by molar-refractivity contribution is -0.141. The number of allylic oxidation sites excluding steroid dienone is 2. The predicted octanol–water partition coefficient (Wildman–Crippen LogP) is 3.56. The molecule has 0 spiro atoms. The summed E-state index contributed by atoms with van der Waals surface area (Å²) in [7, 11) is 0. The Morgan fingerprint density at radius 3 is 2.56 bits per heavy atom. The van der Waals surface area contributed by atoms with E-state index in [1.54, 1.807) is 26.8 Å². The molecule has 0 fully saturated rings. The fraction of sp³-hybridized carbons (Fsp3) is 0.261. The number of aromatic nitrogens is 2. The molecule has 4 N–H and O–H groups in total. The minimum absolute atomic E-state index is 0.0123. The van der Waals surface area contributed by atoms with Gasteiger partial charge in [-0.3, -0.25) is 9.78 Å². The summed E-state index contributed by atoms with van der Waals surface area (Å²) in [6.07, 6.45) is -0.212. The number of pyridine rings is 2. The van der Waals surface area contributed by atoms with Gasteiger partial charge in [0.2, 0.25) is 0 Å². The van der Waals surface area contributed by atoms with Crippen molar-refractivity contribution in [3.05, 3.63) is 77.9 Å². The van der Waals surface area contributed by atoms with E-state index in [0.29, 0.717) is 11.3 Å². The first-order valence-corrected chi connectivity index (χ1v) is 10.0. The number of nitrogens with two attached hydrogens (primary N) is 1. The van der Waals surface area contributed by atoms with Crippen LogP contribution in [-0.2, 0) is 6.18 Å². The lowest BCUT2D eigenvalue weighted by Crippen LogP contribution is -2.38. The van der Waals surface area contributed by atoms with Gasteiger partial charge in [0.15, 0.2) is 11.7 Å². The molecule has 0 atom stereocenters. The van der Waals surface area contributed by atoms with Gasteiger partial charge < -0.3 is 16.2 Å². The first-order valence-electron chi connectivity index (χ1n) is 10.0. The lowest BCUT2D eigenvalue weighted by Gasteiger charge is -2.17. The number of halogens is 3. The van der Waals surface area contributed by atoms with E-state index in [1.807, 2.05) is 0 Å². The van der Waals surface area contributed by atoms with Gasteiger partial charge in [-0.05, 0) is 51.1 Å². The fourth-order valence-electron chi connectivity index (χ4n) is 2.36. The first-order chi connectivity index (χ1) is 15.7. The number of alkyl halides is 3. The predicted molar refractivity (Wildman–Crippen MR) is 124 cm³/mol. The quantitative estimate of drug-likeness (QED) is 0.321. The van der Waals surface area contributed by atoms with Crippen molar-refractivity contribution in [2.45, 2.75) is 32.5 Å². The Morgan fingerprint density at radius 2 is 1.94 bits per heavy atom. The molecule has 8 nitrogen and oxygen atoms in total. The summed E-state index contributed by atoms with van der Waals surface area (Å²) < 4.78 is 38.9. The summed E-state index contributed by atoms with van der Waals surface area (Å²) in [6, 6.07) is 6.20. The molecule has 0 aliphatic carbocycles. The molecule has 0 radical (unpaired) electrons. The van der Waals surface area contributed by atoms with Gasteiger partial charge in [-0.1, -0.05) is 24.3 Å². The maximum atomic E-state index is 13.0. The van der Waals surface area contributed by atoms with Crippen molar-refractivity contribution in [2.24, 2.45) is 15.7 Å². The molecular formula is C23H25F3N6O2. The van der Waals surface area contributed by atoms with Crippen molar-refractivity contribution in [1.82, 2.24) is 15.3 Å². The minimum atomic E-state index is -4.63. The first kappa shape index (κ1) is 26.4. The second kappa shape index (κ2) is 10.8. The highest BCUT2D eigenvalue weighted by Crippen LogP contribution is 2.27. The van der Waals surface area contributed by atoms with Crippen LogP contribution in [0.3, 0.4) is 0 Å². The molecule has 0 aliphatic rings. The number of amidine groups is 2. The third-order valence-corrected chi connectivity index (χ3v) is 3.96. The van der Waals surface area contributed by atoms with E-state index in [4.69, 9.17) is 5.73 Å². The minimum Gasteiger partial charge on any atom is -0.389 e. The molecule has 34 heavy (non-hydrogen) atoms. The number of nitrogens with one attached hydrogen (secondary N) is 1. The highest BCUT2D eigenvalue weighted by molar-refractivity contribution is 6.08. The molecule has 0 aromatic carbocycles. The zero-order chi connectivity index (χ0) is 25.5. The Hall–Kier alpha value is -3.86. The van der Waals surface area contributed by atoms with Crippen LogP contribution in [0.4, 0.5) is 18.9 Å². The van der Waals surface area contributed by atoms with Crippen molar-refractivity contribution >= 4 is 23.3 Å². The molecule has 11 heteroatoms. The van der Waals surface area contributed by atoms with Gasteiger partial charge in [-0.15, -0.1) is 0 Å². The second-order valence-corrected chi connectivity index (χ2v) is 7.95. The van der Waals surface area contributed by atoms with E-state index in [0.717, 1.165) is 6.07 Å². The highest BCUT2D eigenvalue weighted by atomic mass is 19.4. The Bertz CT molecular complexity index is 1150. The molecule has 0 aliphatic heterocycles. The van der Waals surface area contributed by atoms with Crippen molar-refractivity contribution in [3.63, 3.8) is 0 Å². The summed E-state index contributed by atoms with van der Waals surface area (Å²) in [5.74, 6) is -0.767. The topological polar surface area (TPSA) is 126 Å². The Kier molecular flexibility index (Phi) is 8.41. The zero-order valence-corrected chi connectivity index (χ0v) is 18.9. The smallest absolute Gasteiger partial charge is 0.389 e. The summed E-state index contributed by atoms with van der Waals surface area (Å²) in [5, 5.41) is 12.3. The van der Waals surface area contributed by atoms with Gasteiger partial charge in [0.05, 0.1) is 11.3 Å². The second-order valence-electron chi connectivity index (χ2n) is 7.95. The summed E-state index contributed by atoms with van der Waals surface area (Å²) in [5.41, 5.74) is 4.54. The molecule has 1 amide bonds. The average Bonchev–Trinajstić information content (AvgIpc) is 2.75. The van der Waals surface area contributed by atoms with Gasteiger partial charge in [-0.2, -0.15) is 13.2 Å². The number of aliphatic hydroxyl groups is 1. The molecule has 2 aromatic heterocycles. The van der Waals surface area contributed by atoms with Crippen LogP contribution in [0.15, 0.2) is 70.8 Å². The van der Waals surface area contributed by atoms with Crippen LogP contribution in [0.25, 0.3) is 0 Å². The monoisotopic (exact) mass is 474 g/mol. The Labute approximate surface area is 194 Å². The van der Waals surface area contributed by atoms with Crippen LogP contribution in [0.5, 0.6) is 0 Å². The maximum Gasteiger partial charge on any atom is 0.433 e. The van der Waals surface area contributed by atoms with Crippen LogP contribution < -0.4 is 11.1 Å². The molecular weight excluding hydrogens is 449 g/mol. The fourth-order valence-corrected chi connectivity index (χ4v) is 2.36. The van der Waals surface area contributed by atoms with Crippen LogP contribution in [-0.4, -0.2) is 44.8 Å². The van der Waals surface area contributed by atoms with Gasteiger partial charge >= 0.3 is 6.18 Å². The number of aliphatic imine (C=N–C) groups is 2. The van der Waals surface area contributed by atoms with E-state index < -0.39 is 23.4 Å². The van der Waals surface area contributed by atoms with Crippen molar-refractivity contribution in [2.75, 3.05) is 6.54 Å². The van der Waals surface area contributed by atoms with Crippen molar-refractivity contribution < 1.29 is 23.1 Å². The van der Waals surface area contributed by atoms with Gasteiger partial charge in [-0.25, -0.2) is 15.0 Å². The third kappa shape index (κ3) is 8.58. The maximum absolute atomic E-state index is 13.0. The lowest BCUT2D eigenvalue weighted by atomic mass is 10.1. The molecule has 180 valence electrons. The molecule has 2 heterocycles. The number of hydrogen-bond acceptors (Lipinski definition) is 5. The van der Waals surface area contributed by atoms with E-state index in [-0.39, 0.29) is 29.6 Å². The van der Waals surface area contributed by atoms with Crippen LogP contribution >= 0.6 is 0 Å². The Morgan fingerprint density at radius 1 is 1.24 bits per heavy atom. The molecule has 0 bridgehead atoms. The van der Waals surface area contributed by atoms with E-state index in [2.05, 4.69) is 31.8 Å². The van der Waals surface area contributed by atoms with Gasteiger partial charge in [0.1, 0.15) is 17.1 Å². The van der Waals surface area contributed by atoms with Crippen molar-refractivity contribution in [1.29, 1.82) is 0 Å². The molecule has 0 unspecified atom stereocenters. The molecule has 2 rings (SSSR count). The Balaban J connectivity index is 2.41. The summed E-state index contributed by atoms with van der Waals surface area (Å²) in [6.45, 7) is 8.58. The number of carbonyl (C=O) groups excluding carboxylic acids is 1. The van der Waals surface area contributed by atoms with Crippen LogP contribution in [0.2, 0.25) is 0 Å². The summed E-state index contributed by atoms with van der Waals surface area (Å²) >= 11 is 0. The zero-order valence-electron chi connectivity index (χ0n) is 18.9. The average molecular weight is 474 g/mol. The van der Waals surface area contributed by atoms with E-state index in [1.165, 1.54) is 36.5 Å². The standard InChI is InChI=1S/C23H25F3N6O2/c1-14(2)8-9-19(32-20(27)16-6-5-7-18(31-16)23(24,25)26)30-15-10-11-28-17(12-15)21(33)29-13-22(3,4)34/h5-12,34H,1,13H2,2-4H3,(H,29,33)(H2,27,28,30,32)/b9-8+. The van der Waals surface area contributed by atoms with Crippen molar-refractivity contribution in [3.8, 4) is 0 Å². The molecule has 0 saturated heterocycles. The number of amides is 1. The van der Waals surface area contributed by atoms with E-state index >= 15 is 0 Å². The van der Waals surface area contributed by atoms with Crippen LogP contribution in [0.1, 0.15) is 42.6 Å². The number of hydrogen-bond donors (Lipinski definition) is 3. The SMILES string of the molecule is C=C(C)/C=C/C(=Nc1ccnc(C(=O)NCC(C)(C)O)c1)N=C(N)c1cccc(C(F)(F)F)n1. The summed E-state index contributed by atoms with van der Waals surface area (Å²) in [4.78, 5) is 28.3.